The molecule has 1 fully saturated rings. The van der Waals surface area contributed by atoms with Crippen LogP contribution in [0.1, 0.15) is 43.2 Å². The Morgan fingerprint density at radius 3 is 2.57 bits per heavy atom. The molecular formula is C21H27NO. The first-order valence-corrected chi connectivity index (χ1v) is 8.73. The smallest absolute Gasteiger partial charge is 0.122 e. The van der Waals surface area contributed by atoms with E-state index in [-0.39, 0.29) is 0 Å². The van der Waals surface area contributed by atoms with Gasteiger partial charge in [0.15, 0.2) is 0 Å². The zero-order valence-corrected chi connectivity index (χ0v) is 14.2. The Balaban J connectivity index is 1.71. The lowest BCUT2D eigenvalue weighted by molar-refractivity contribution is 0.195. The average molecular weight is 309 g/mol. The van der Waals surface area contributed by atoms with Gasteiger partial charge in [0.2, 0.25) is 0 Å². The van der Waals surface area contributed by atoms with E-state index < -0.39 is 0 Å². The molecule has 0 unspecified atom stereocenters. The van der Waals surface area contributed by atoms with Crippen LogP contribution in [0.25, 0.3) is 0 Å². The Morgan fingerprint density at radius 2 is 1.78 bits per heavy atom. The number of hydrogen-bond acceptors (Lipinski definition) is 2. The first-order chi connectivity index (χ1) is 11.3. The zero-order valence-electron chi connectivity index (χ0n) is 14.2. The summed E-state index contributed by atoms with van der Waals surface area (Å²) < 4.78 is 6.25. The van der Waals surface area contributed by atoms with Gasteiger partial charge in [0, 0.05) is 12.5 Å². The monoisotopic (exact) mass is 309 g/mol. The molecule has 0 aliphatic carbocycles. The Bertz CT molecular complexity index is 608. The van der Waals surface area contributed by atoms with Crippen molar-refractivity contribution in [3.05, 3.63) is 65.7 Å². The van der Waals surface area contributed by atoms with Gasteiger partial charge in [0.1, 0.15) is 5.75 Å². The van der Waals surface area contributed by atoms with E-state index in [0.29, 0.717) is 17.8 Å². The summed E-state index contributed by atoms with van der Waals surface area (Å²) in [5, 5.41) is 3.53. The topological polar surface area (TPSA) is 21.3 Å². The highest BCUT2D eigenvalue weighted by Gasteiger charge is 2.27. The van der Waals surface area contributed by atoms with Crippen LogP contribution >= 0.6 is 0 Å². The fraction of sp³-hybridized carbons (Fsp3) is 0.429. The van der Waals surface area contributed by atoms with Crippen molar-refractivity contribution in [2.75, 3.05) is 19.7 Å². The van der Waals surface area contributed by atoms with E-state index in [1.165, 1.54) is 17.5 Å². The molecule has 1 heterocycles. The average Bonchev–Trinajstić information content (AvgIpc) is 2.61. The second kappa shape index (κ2) is 7.65. The summed E-state index contributed by atoms with van der Waals surface area (Å²) in [6.07, 6.45) is 1.18. The minimum absolute atomic E-state index is 0.487. The van der Waals surface area contributed by atoms with Crippen molar-refractivity contribution in [2.45, 2.75) is 32.1 Å². The van der Waals surface area contributed by atoms with Gasteiger partial charge in [-0.05, 0) is 42.0 Å². The first-order valence-electron chi connectivity index (χ1n) is 8.73. The van der Waals surface area contributed by atoms with Crippen LogP contribution in [0.2, 0.25) is 0 Å². The maximum atomic E-state index is 6.25. The quantitative estimate of drug-likeness (QED) is 0.872. The van der Waals surface area contributed by atoms with E-state index in [4.69, 9.17) is 4.74 Å². The zero-order chi connectivity index (χ0) is 16.1. The molecule has 3 rings (SSSR count). The predicted molar refractivity (Wildman–Crippen MR) is 96.2 cm³/mol. The number of para-hydroxylation sites is 1. The molecule has 122 valence electrons. The number of ether oxygens (including phenoxy) is 1. The summed E-state index contributed by atoms with van der Waals surface area (Å²) in [6.45, 7) is 7.34. The molecule has 0 bridgehead atoms. The fourth-order valence-corrected chi connectivity index (χ4v) is 3.52. The molecule has 1 saturated heterocycles. The molecule has 0 radical (unpaired) electrons. The van der Waals surface area contributed by atoms with Crippen molar-refractivity contribution in [1.82, 2.24) is 5.32 Å². The fourth-order valence-electron chi connectivity index (χ4n) is 3.52. The molecule has 0 aromatic heterocycles. The van der Waals surface area contributed by atoms with E-state index in [0.717, 1.165) is 25.4 Å². The maximum Gasteiger partial charge on any atom is 0.122 e. The molecule has 0 spiro atoms. The van der Waals surface area contributed by atoms with Gasteiger partial charge in [0.05, 0.1) is 6.61 Å². The van der Waals surface area contributed by atoms with Crippen LogP contribution in [0.5, 0.6) is 5.75 Å². The van der Waals surface area contributed by atoms with Gasteiger partial charge in [-0.2, -0.15) is 0 Å². The van der Waals surface area contributed by atoms with Crippen molar-refractivity contribution < 1.29 is 4.74 Å². The van der Waals surface area contributed by atoms with Crippen molar-refractivity contribution in [3.63, 3.8) is 0 Å². The standard InChI is InChI=1S/C21H27NO/c1-16(2)19-10-6-7-11-21(19)23-15-18-14-22-13-12-20(18)17-8-4-3-5-9-17/h3-11,16,18,20,22H,12-15H2,1-2H3/t18-,20-/m0/s1. The minimum Gasteiger partial charge on any atom is -0.493 e. The van der Waals surface area contributed by atoms with E-state index in [2.05, 4.69) is 73.8 Å². The van der Waals surface area contributed by atoms with E-state index in [1.54, 1.807) is 0 Å². The van der Waals surface area contributed by atoms with Crippen LogP contribution in [0.3, 0.4) is 0 Å². The van der Waals surface area contributed by atoms with E-state index >= 15 is 0 Å². The molecule has 2 heteroatoms. The minimum atomic E-state index is 0.487. The number of piperidine rings is 1. The van der Waals surface area contributed by atoms with Gasteiger partial charge in [0.25, 0.3) is 0 Å². The molecule has 23 heavy (non-hydrogen) atoms. The maximum absolute atomic E-state index is 6.25. The van der Waals surface area contributed by atoms with Crippen molar-refractivity contribution in [2.24, 2.45) is 5.92 Å². The van der Waals surface area contributed by atoms with Crippen molar-refractivity contribution in [1.29, 1.82) is 0 Å². The summed E-state index contributed by atoms with van der Waals surface area (Å²) in [5.41, 5.74) is 2.74. The lowest BCUT2D eigenvalue weighted by Gasteiger charge is -2.32. The third kappa shape index (κ3) is 3.94. The summed E-state index contributed by atoms with van der Waals surface area (Å²) in [5.74, 6) is 2.63. The molecule has 0 saturated carbocycles. The van der Waals surface area contributed by atoms with Crippen molar-refractivity contribution in [3.8, 4) is 5.75 Å². The van der Waals surface area contributed by atoms with Crippen LogP contribution in [-0.2, 0) is 0 Å². The Labute approximate surface area is 139 Å². The number of rotatable bonds is 5. The van der Waals surface area contributed by atoms with Gasteiger partial charge in [-0.25, -0.2) is 0 Å². The summed E-state index contributed by atoms with van der Waals surface area (Å²) in [4.78, 5) is 0. The number of hydrogen-bond donors (Lipinski definition) is 1. The Morgan fingerprint density at radius 1 is 1.04 bits per heavy atom. The first kappa shape index (κ1) is 16.1. The third-order valence-corrected chi connectivity index (χ3v) is 4.83. The molecule has 1 aliphatic rings. The highest BCUT2D eigenvalue weighted by molar-refractivity contribution is 5.35. The van der Waals surface area contributed by atoms with E-state index in [9.17, 15) is 0 Å². The largest absolute Gasteiger partial charge is 0.493 e. The number of benzene rings is 2. The predicted octanol–water partition coefficient (Wildman–Crippen LogP) is 4.58. The normalized spacial score (nSPS) is 21.3. The summed E-state index contributed by atoms with van der Waals surface area (Å²) in [6, 6.07) is 19.3. The SMILES string of the molecule is CC(C)c1ccccc1OC[C@@H]1CNCC[C@H]1c1ccccc1. The highest BCUT2D eigenvalue weighted by atomic mass is 16.5. The van der Waals surface area contributed by atoms with Crippen LogP contribution in [0.15, 0.2) is 54.6 Å². The summed E-state index contributed by atoms with van der Waals surface area (Å²) in [7, 11) is 0. The molecule has 2 aromatic rings. The van der Waals surface area contributed by atoms with Crippen LogP contribution in [0, 0.1) is 5.92 Å². The van der Waals surface area contributed by atoms with Gasteiger partial charge >= 0.3 is 0 Å². The molecule has 2 aromatic carbocycles. The van der Waals surface area contributed by atoms with Crippen LogP contribution in [-0.4, -0.2) is 19.7 Å². The molecular weight excluding hydrogens is 282 g/mol. The molecule has 1 N–H and O–H groups in total. The molecule has 2 atom stereocenters. The second-order valence-electron chi connectivity index (χ2n) is 6.77. The van der Waals surface area contributed by atoms with Gasteiger partial charge in [-0.3, -0.25) is 0 Å². The Kier molecular flexibility index (Phi) is 5.35. The summed E-state index contributed by atoms with van der Waals surface area (Å²) >= 11 is 0. The van der Waals surface area contributed by atoms with Crippen LogP contribution in [0.4, 0.5) is 0 Å². The molecule has 0 amide bonds. The van der Waals surface area contributed by atoms with Gasteiger partial charge in [-0.1, -0.05) is 62.4 Å². The van der Waals surface area contributed by atoms with E-state index in [1.807, 2.05) is 0 Å². The number of nitrogens with one attached hydrogen (secondary N) is 1. The van der Waals surface area contributed by atoms with Gasteiger partial charge < -0.3 is 10.1 Å². The van der Waals surface area contributed by atoms with Crippen LogP contribution < -0.4 is 10.1 Å². The second-order valence-corrected chi connectivity index (χ2v) is 6.77. The van der Waals surface area contributed by atoms with Crippen molar-refractivity contribution >= 4 is 0 Å². The lowest BCUT2D eigenvalue weighted by Crippen LogP contribution is -2.38. The lowest BCUT2D eigenvalue weighted by atomic mass is 9.81. The highest BCUT2D eigenvalue weighted by Crippen LogP contribution is 2.32. The third-order valence-electron chi connectivity index (χ3n) is 4.83. The molecule has 1 aliphatic heterocycles. The Hall–Kier alpha value is -1.80. The molecule has 2 nitrogen and oxygen atoms in total. The van der Waals surface area contributed by atoms with Gasteiger partial charge in [-0.15, -0.1) is 0 Å².